The molecule has 0 aromatic heterocycles. The lowest BCUT2D eigenvalue weighted by Crippen LogP contribution is -2.50. The molecule has 1 unspecified atom stereocenters. The van der Waals surface area contributed by atoms with E-state index in [0.717, 1.165) is 32.5 Å². The minimum Gasteiger partial charge on any atom is -0.368 e. The van der Waals surface area contributed by atoms with Crippen molar-refractivity contribution in [2.24, 2.45) is 5.73 Å². The van der Waals surface area contributed by atoms with Crippen molar-refractivity contribution in [3.63, 3.8) is 0 Å². The Bertz CT molecular complexity index is 210. The monoisotopic (exact) mass is 227 g/mol. The molecule has 1 rings (SSSR count). The van der Waals surface area contributed by atoms with Crippen molar-refractivity contribution < 1.29 is 4.79 Å². The largest absolute Gasteiger partial charge is 0.368 e. The van der Waals surface area contributed by atoms with Crippen LogP contribution in [0, 0.1) is 0 Å². The van der Waals surface area contributed by atoms with E-state index in [1.807, 2.05) is 0 Å². The van der Waals surface area contributed by atoms with E-state index in [1.54, 1.807) is 0 Å². The Balaban J connectivity index is 2.38. The molecule has 0 aliphatic heterocycles. The molecule has 1 fully saturated rings. The zero-order chi connectivity index (χ0) is 12.0. The van der Waals surface area contributed by atoms with Crippen LogP contribution in [0.25, 0.3) is 0 Å². The van der Waals surface area contributed by atoms with Crippen LogP contribution in [0.4, 0.5) is 0 Å². The fourth-order valence-corrected chi connectivity index (χ4v) is 1.94. The second kappa shape index (κ2) is 6.86. The highest BCUT2D eigenvalue weighted by atomic mass is 16.1. The summed E-state index contributed by atoms with van der Waals surface area (Å²) < 4.78 is 0. The van der Waals surface area contributed by atoms with Gasteiger partial charge in [-0.15, -0.1) is 0 Å². The van der Waals surface area contributed by atoms with Crippen LogP contribution < -0.4 is 11.1 Å². The maximum Gasteiger partial charge on any atom is 0.235 e. The van der Waals surface area contributed by atoms with Gasteiger partial charge in [-0.25, -0.2) is 0 Å². The third kappa shape index (κ3) is 4.94. The third-order valence-corrected chi connectivity index (χ3v) is 2.88. The molecular formula is C12H25N3O. The first-order valence-corrected chi connectivity index (χ1v) is 6.45. The molecule has 94 valence electrons. The number of nitrogens with two attached hydrogens (primary N) is 1. The van der Waals surface area contributed by atoms with Crippen molar-refractivity contribution in [3.05, 3.63) is 0 Å². The van der Waals surface area contributed by atoms with E-state index in [-0.39, 0.29) is 11.9 Å². The number of carbonyl (C=O) groups excluding carboxylic acids is 1. The molecule has 0 spiro atoms. The maximum atomic E-state index is 11.3. The number of primary amides is 1. The lowest BCUT2D eigenvalue weighted by molar-refractivity contribution is -0.120. The number of hydrogen-bond donors (Lipinski definition) is 2. The zero-order valence-corrected chi connectivity index (χ0v) is 10.5. The molecule has 1 atom stereocenters. The summed E-state index contributed by atoms with van der Waals surface area (Å²) in [5, 5.41) is 3.32. The van der Waals surface area contributed by atoms with E-state index >= 15 is 0 Å². The van der Waals surface area contributed by atoms with E-state index in [4.69, 9.17) is 5.73 Å². The molecule has 1 amide bonds. The fraction of sp³-hybridized carbons (Fsp3) is 0.917. The van der Waals surface area contributed by atoms with Crippen molar-refractivity contribution in [1.82, 2.24) is 10.2 Å². The van der Waals surface area contributed by atoms with Gasteiger partial charge < -0.3 is 16.0 Å². The highest BCUT2D eigenvalue weighted by molar-refractivity contribution is 5.80. The molecule has 1 aliphatic carbocycles. The summed E-state index contributed by atoms with van der Waals surface area (Å²) in [4.78, 5) is 13.7. The van der Waals surface area contributed by atoms with Crippen LogP contribution in [-0.4, -0.2) is 42.5 Å². The standard InChI is InChI=1S/C12H25N3O/c1-3-7-15(8-4-2)9-11(12(13)16)14-10-5-6-10/h10-11,14H,3-9H2,1-2H3,(H2,13,16). The van der Waals surface area contributed by atoms with Crippen LogP contribution in [0.2, 0.25) is 0 Å². The molecule has 0 saturated heterocycles. The second-order valence-corrected chi connectivity index (χ2v) is 4.70. The van der Waals surface area contributed by atoms with E-state index in [0.29, 0.717) is 6.04 Å². The third-order valence-electron chi connectivity index (χ3n) is 2.88. The Hall–Kier alpha value is -0.610. The van der Waals surface area contributed by atoms with Gasteiger partial charge in [0.2, 0.25) is 5.91 Å². The number of rotatable bonds is 9. The average Bonchev–Trinajstić information content (AvgIpc) is 3.01. The average molecular weight is 227 g/mol. The van der Waals surface area contributed by atoms with Crippen LogP contribution in [-0.2, 0) is 4.79 Å². The van der Waals surface area contributed by atoms with Crippen molar-refractivity contribution in [1.29, 1.82) is 0 Å². The van der Waals surface area contributed by atoms with Gasteiger partial charge in [-0.3, -0.25) is 4.79 Å². The quantitative estimate of drug-likeness (QED) is 0.610. The molecule has 3 N–H and O–H groups in total. The van der Waals surface area contributed by atoms with Crippen LogP contribution in [0.15, 0.2) is 0 Å². The van der Waals surface area contributed by atoms with E-state index < -0.39 is 0 Å². The van der Waals surface area contributed by atoms with Crippen LogP contribution >= 0.6 is 0 Å². The Morgan fingerprint density at radius 3 is 2.31 bits per heavy atom. The summed E-state index contributed by atoms with van der Waals surface area (Å²) >= 11 is 0. The summed E-state index contributed by atoms with van der Waals surface area (Å²) in [6.45, 7) is 7.17. The summed E-state index contributed by atoms with van der Waals surface area (Å²) in [5.41, 5.74) is 5.43. The summed E-state index contributed by atoms with van der Waals surface area (Å²) in [7, 11) is 0. The van der Waals surface area contributed by atoms with E-state index in [1.165, 1.54) is 12.8 Å². The SMILES string of the molecule is CCCN(CCC)CC(NC1CC1)C(N)=O. The van der Waals surface area contributed by atoms with Gasteiger partial charge in [0.05, 0.1) is 6.04 Å². The second-order valence-electron chi connectivity index (χ2n) is 4.70. The minimum atomic E-state index is -0.218. The molecule has 0 heterocycles. The Morgan fingerprint density at radius 2 is 1.94 bits per heavy atom. The number of nitrogens with one attached hydrogen (secondary N) is 1. The molecule has 0 bridgehead atoms. The van der Waals surface area contributed by atoms with E-state index in [2.05, 4.69) is 24.1 Å². The molecule has 16 heavy (non-hydrogen) atoms. The van der Waals surface area contributed by atoms with E-state index in [9.17, 15) is 4.79 Å². The van der Waals surface area contributed by atoms with Crippen molar-refractivity contribution in [2.45, 2.75) is 51.6 Å². The molecule has 0 radical (unpaired) electrons. The highest BCUT2D eigenvalue weighted by Crippen LogP contribution is 2.19. The molecule has 0 aromatic rings. The van der Waals surface area contributed by atoms with Crippen LogP contribution in [0.5, 0.6) is 0 Å². The summed E-state index contributed by atoms with van der Waals surface area (Å²) in [6.07, 6.45) is 4.61. The smallest absolute Gasteiger partial charge is 0.235 e. The van der Waals surface area contributed by atoms with Crippen LogP contribution in [0.1, 0.15) is 39.5 Å². The minimum absolute atomic E-state index is 0.175. The van der Waals surface area contributed by atoms with Gasteiger partial charge in [0.15, 0.2) is 0 Å². The number of hydrogen-bond acceptors (Lipinski definition) is 3. The first kappa shape index (κ1) is 13.5. The predicted molar refractivity (Wildman–Crippen MR) is 66.2 cm³/mol. The first-order valence-electron chi connectivity index (χ1n) is 6.45. The van der Waals surface area contributed by atoms with Gasteiger partial charge in [-0.2, -0.15) is 0 Å². The van der Waals surface area contributed by atoms with Gasteiger partial charge in [0.1, 0.15) is 0 Å². The van der Waals surface area contributed by atoms with Crippen molar-refractivity contribution in [3.8, 4) is 0 Å². The van der Waals surface area contributed by atoms with Gasteiger partial charge in [0.25, 0.3) is 0 Å². The topological polar surface area (TPSA) is 58.4 Å². The Kier molecular flexibility index (Phi) is 5.77. The van der Waals surface area contributed by atoms with Crippen molar-refractivity contribution in [2.75, 3.05) is 19.6 Å². The van der Waals surface area contributed by atoms with Crippen LogP contribution in [0.3, 0.4) is 0 Å². The van der Waals surface area contributed by atoms with Gasteiger partial charge in [-0.05, 0) is 38.8 Å². The molecule has 1 saturated carbocycles. The number of carbonyl (C=O) groups is 1. The fourth-order valence-electron chi connectivity index (χ4n) is 1.94. The molecule has 1 aliphatic rings. The van der Waals surface area contributed by atoms with Crippen molar-refractivity contribution >= 4 is 5.91 Å². The lowest BCUT2D eigenvalue weighted by Gasteiger charge is -2.25. The summed E-state index contributed by atoms with van der Waals surface area (Å²) in [6, 6.07) is 0.355. The molecule has 4 heteroatoms. The molecule has 0 aromatic carbocycles. The Labute approximate surface area is 98.6 Å². The van der Waals surface area contributed by atoms with Gasteiger partial charge >= 0.3 is 0 Å². The zero-order valence-electron chi connectivity index (χ0n) is 10.5. The van der Waals surface area contributed by atoms with Gasteiger partial charge in [-0.1, -0.05) is 13.8 Å². The molecular weight excluding hydrogens is 202 g/mol. The molecule has 4 nitrogen and oxygen atoms in total. The lowest BCUT2D eigenvalue weighted by atomic mass is 10.2. The van der Waals surface area contributed by atoms with Gasteiger partial charge in [0, 0.05) is 12.6 Å². The highest BCUT2D eigenvalue weighted by Gasteiger charge is 2.28. The number of amides is 1. The number of nitrogens with zero attached hydrogens (tertiary/aromatic N) is 1. The maximum absolute atomic E-state index is 11.3. The first-order chi connectivity index (χ1) is 7.67. The normalized spacial score (nSPS) is 17.7. The summed E-state index contributed by atoms with van der Waals surface area (Å²) in [5.74, 6) is -0.218. The predicted octanol–water partition coefficient (Wildman–Crippen LogP) is 0.714. The Morgan fingerprint density at radius 1 is 1.38 bits per heavy atom.